The van der Waals surface area contributed by atoms with Gasteiger partial charge >= 0.3 is 39.5 Å². The largest absolute Gasteiger partial charge is 0.472 e. The fraction of sp³-hybridized carbons (Fsp3) is 0.943. The van der Waals surface area contributed by atoms with E-state index in [0.717, 1.165) is 102 Å². The highest BCUT2D eigenvalue weighted by molar-refractivity contribution is 7.47. The van der Waals surface area contributed by atoms with Crippen molar-refractivity contribution in [1.82, 2.24) is 0 Å². The van der Waals surface area contributed by atoms with Crippen LogP contribution in [0, 0.1) is 11.8 Å². The summed E-state index contributed by atoms with van der Waals surface area (Å²) >= 11 is 0. The molecule has 0 aromatic heterocycles. The van der Waals surface area contributed by atoms with Crippen molar-refractivity contribution in [2.24, 2.45) is 11.8 Å². The third kappa shape index (κ3) is 62.0. The summed E-state index contributed by atoms with van der Waals surface area (Å²) in [5.41, 5.74) is 0. The molecule has 0 aromatic carbocycles. The second kappa shape index (κ2) is 62.2. The summed E-state index contributed by atoms with van der Waals surface area (Å²) in [6.45, 7) is 9.54. The Kier molecular flexibility index (Phi) is 60.8. The van der Waals surface area contributed by atoms with Gasteiger partial charge in [0.15, 0.2) is 12.2 Å². The van der Waals surface area contributed by atoms with E-state index < -0.39 is 97.5 Å². The normalized spacial score (nSPS) is 14.8. The van der Waals surface area contributed by atoms with Crippen LogP contribution in [0.4, 0.5) is 0 Å². The Balaban J connectivity index is 5.25. The minimum atomic E-state index is -4.95. The monoisotopic (exact) mass is 1310 g/mol. The average molecular weight is 1310 g/mol. The number of ether oxygens (including phenoxy) is 4. The number of rotatable bonds is 69. The SMILES string of the molecule is CCCCCCCCCCCCCCCCCCC(=O)O[C@H](COC(=O)CCCCCCCCCCC(C)CC)COP(=O)(O)OC[C@@H](O)COP(=O)(O)OC[C@@H](COC(=O)CCCCCCCCCCC)OC(=O)CCCCCCCCCCC(C)CC. The van der Waals surface area contributed by atoms with Gasteiger partial charge in [-0.2, -0.15) is 0 Å². The first-order valence-corrected chi connectivity index (χ1v) is 39.6. The third-order valence-electron chi connectivity index (χ3n) is 16.9. The van der Waals surface area contributed by atoms with Gasteiger partial charge in [-0.05, 0) is 37.5 Å². The van der Waals surface area contributed by atoms with Crippen molar-refractivity contribution in [3.05, 3.63) is 0 Å². The summed E-state index contributed by atoms with van der Waals surface area (Å²) in [5, 5.41) is 10.6. The number of phosphoric ester groups is 2. The predicted octanol–water partition coefficient (Wildman–Crippen LogP) is 20.0. The van der Waals surface area contributed by atoms with Crippen molar-refractivity contribution in [1.29, 1.82) is 0 Å². The average Bonchev–Trinajstić information content (AvgIpc) is 3.71. The molecule has 4 unspecified atom stereocenters. The lowest BCUT2D eigenvalue weighted by Crippen LogP contribution is -2.30. The number of phosphoric acid groups is 2. The first kappa shape index (κ1) is 87.1. The lowest BCUT2D eigenvalue weighted by Gasteiger charge is -2.21. The summed E-state index contributed by atoms with van der Waals surface area (Å²) in [6.07, 6.45) is 47.0. The number of unbranched alkanes of at least 4 members (excludes halogenated alkanes) is 37. The van der Waals surface area contributed by atoms with Crippen LogP contribution in [0.5, 0.6) is 0 Å². The van der Waals surface area contributed by atoms with E-state index in [0.29, 0.717) is 25.7 Å². The minimum Gasteiger partial charge on any atom is -0.462 e. The molecule has 0 amide bonds. The van der Waals surface area contributed by atoms with Gasteiger partial charge in [-0.1, -0.05) is 305 Å². The summed E-state index contributed by atoms with van der Waals surface area (Å²) < 4.78 is 68.3. The maximum Gasteiger partial charge on any atom is 0.472 e. The van der Waals surface area contributed by atoms with E-state index in [2.05, 4.69) is 41.5 Å². The standard InChI is InChI=1S/C70H136O17P2/c1-7-11-13-15-17-19-20-21-22-23-24-25-27-36-42-48-54-69(74)86-65(59-81-68(73)53-47-41-35-30-28-32-38-44-50-62(5)9-3)60-84-88(76,77)82-56-64(71)57-83-89(78,79)85-61-66(58-80-67(72)52-46-40-34-26-18-16-14-12-8-2)87-70(75)55-49-43-37-31-29-33-39-45-51-63(6)10-4/h62-66,71H,7-61H2,1-6H3,(H,76,77)(H,78,79)/t62?,63?,64-,65-,66-/m1/s1. The van der Waals surface area contributed by atoms with Gasteiger partial charge in [-0.25, -0.2) is 9.13 Å². The third-order valence-corrected chi connectivity index (χ3v) is 18.8. The molecule has 0 aromatic rings. The first-order chi connectivity index (χ1) is 42.9. The van der Waals surface area contributed by atoms with Gasteiger partial charge in [0, 0.05) is 25.7 Å². The molecule has 0 saturated carbocycles. The molecule has 528 valence electrons. The topological polar surface area (TPSA) is 237 Å². The zero-order valence-corrected chi connectivity index (χ0v) is 59.5. The number of carbonyl (C=O) groups is 4. The molecule has 0 fully saturated rings. The molecule has 0 rings (SSSR count). The molecular formula is C70H136O17P2. The van der Waals surface area contributed by atoms with Crippen molar-refractivity contribution in [3.8, 4) is 0 Å². The zero-order valence-electron chi connectivity index (χ0n) is 57.7. The molecular weight excluding hydrogens is 1170 g/mol. The van der Waals surface area contributed by atoms with Crippen LogP contribution in [0.2, 0.25) is 0 Å². The maximum absolute atomic E-state index is 13.0. The second-order valence-corrected chi connectivity index (χ2v) is 28.7. The molecule has 0 saturated heterocycles. The van der Waals surface area contributed by atoms with E-state index >= 15 is 0 Å². The number of carbonyl (C=O) groups excluding carboxylic acids is 4. The highest BCUT2D eigenvalue weighted by Crippen LogP contribution is 2.45. The van der Waals surface area contributed by atoms with Crippen molar-refractivity contribution < 1.29 is 80.2 Å². The Morgan fingerprint density at radius 1 is 0.315 bits per heavy atom. The van der Waals surface area contributed by atoms with Gasteiger partial charge in [0.2, 0.25) is 0 Å². The highest BCUT2D eigenvalue weighted by Gasteiger charge is 2.30. The molecule has 0 bridgehead atoms. The van der Waals surface area contributed by atoms with Crippen LogP contribution in [0.1, 0.15) is 356 Å². The highest BCUT2D eigenvalue weighted by atomic mass is 31.2. The van der Waals surface area contributed by atoms with Crippen LogP contribution >= 0.6 is 15.6 Å². The van der Waals surface area contributed by atoms with Gasteiger partial charge in [-0.3, -0.25) is 37.3 Å². The van der Waals surface area contributed by atoms with E-state index in [-0.39, 0.29) is 25.7 Å². The van der Waals surface area contributed by atoms with E-state index in [1.165, 1.54) is 173 Å². The van der Waals surface area contributed by atoms with Crippen molar-refractivity contribution in [3.63, 3.8) is 0 Å². The molecule has 0 aliphatic carbocycles. The van der Waals surface area contributed by atoms with E-state index in [1.807, 2.05) is 0 Å². The van der Waals surface area contributed by atoms with Crippen LogP contribution in [-0.4, -0.2) is 96.7 Å². The summed E-state index contributed by atoms with van der Waals surface area (Å²) in [5.74, 6) is -0.578. The van der Waals surface area contributed by atoms with Crippen LogP contribution in [-0.2, 0) is 65.4 Å². The smallest absolute Gasteiger partial charge is 0.462 e. The summed E-state index contributed by atoms with van der Waals surface area (Å²) in [6, 6.07) is 0. The molecule has 0 aliphatic rings. The van der Waals surface area contributed by atoms with E-state index in [9.17, 15) is 43.2 Å². The summed E-state index contributed by atoms with van der Waals surface area (Å²) in [4.78, 5) is 72.5. The van der Waals surface area contributed by atoms with E-state index in [1.54, 1.807) is 0 Å². The Morgan fingerprint density at radius 2 is 0.539 bits per heavy atom. The van der Waals surface area contributed by atoms with Gasteiger partial charge in [0.25, 0.3) is 0 Å². The van der Waals surface area contributed by atoms with Crippen molar-refractivity contribution in [2.75, 3.05) is 39.6 Å². The summed E-state index contributed by atoms with van der Waals surface area (Å²) in [7, 11) is -9.90. The fourth-order valence-corrected chi connectivity index (χ4v) is 12.1. The Bertz CT molecular complexity index is 1740. The van der Waals surface area contributed by atoms with Crippen LogP contribution in [0.15, 0.2) is 0 Å². The van der Waals surface area contributed by atoms with Crippen molar-refractivity contribution >= 4 is 39.5 Å². The molecule has 17 nitrogen and oxygen atoms in total. The molecule has 0 spiro atoms. The minimum absolute atomic E-state index is 0.105. The number of hydrogen-bond acceptors (Lipinski definition) is 15. The number of aliphatic hydroxyl groups excluding tert-OH is 1. The lowest BCUT2D eigenvalue weighted by molar-refractivity contribution is -0.161. The molecule has 0 radical (unpaired) electrons. The van der Waals surface area contributed by atoms with Gasteiger partial charge in [0.1, 0.15) is 19.3 Å². The van der Waals surface area contributed by atoms with Crippen LogP contribution in [0.25, 0.3) is 0 Å². The van der Waals surface area contributed by atoms with Gasteiger partial charge in [-0.15, -0.1) is 0 Å². The number of aliphatic hydroxyl groups is 1. The Morgan fingerprint density at radius 3 is 0.798 bits per heavy atom. The van der Waals surface area contributed by atoms with Crippen LogP contribution < -0.4 is 0 Å². The molecule has 7 atom stereocenters. The number of hydrogen-bond donors (Lipinski definition) is 3. The van der Waals surface area contributed by atoms with Gasteiger partial charge in [0.05, 0.1) is 26.4 Å². The lowest BCUT2D eigenvalue weighted by atomic mass is 9.99. The first-order valence-electron chi connectivity index (χ1n) is 36.6. The molecule has 89 heavy (non-hydrogen) atoms. The number of esters is 4. The molecule has 0 heterocycles. The molecule has 0 aliphatic heterocycles. The fourth-order valence-electron chi connectivity index (χ4n) is 10.5. The van der Waals surface area contributed by atoms with Crippen molar-refractivity contribution in [2.45, 2.75) is 374 Å². The maximum atomic E-state index is 13.0. The van der Waals surface area contributed by atoms with Gasteiger partial charge < -0.3 is 33.8 Å². The zero-order chi connectivity index (χ0) is 65.7. The van der Waals surface area contributed by atoms with E-state index in [4.69, 9.17) is 37.0 Å². The second-order valence-electron chi connectivity index (χ2n) is 25.8. The Labute approximate surface area is 543 Å². The molecule has 3 N–H and O–H groups in total. The Hall–Kier alpha value is -1.94. The molecule has 19 heteroatoms. The predicted molar refractivity (Wildman–Crippen MR) is 358 cm³/mol. The quantitative estimate of drug-likeness (QED) is 0.0222. The van der Waals surface area contributed by atoms with Crippen LogP contribution in [0.3, 0.4) is 0 Å².